The van der Waals surface area contributed by atoms with Gasteiger partial charge in [-0.3, -0.25) is 0 Å². The van der Waals surface area contributed by atoms with E-state index in [0.29, 0.717) is 11.5 Å². The molecular formula is C10H7Cl2N3O2. The number of nitrogens with zero attached hydrogens (tertiary/aromatic N) is 3. The largest absolute Gasteiger partial charge is 0.493 e. The Morgan fingerprint density at radius 1 is 1.06 bits per heavy atom. The van der Waals surface area contributed by atoms with E-state index < -0.39 is 0 Å². The van der Waals surface area contributed by atoms with Gasteiger partial charge in [-0.05, 0) is 23.7 Å². The van der Waals surface area contributed by atoms with Crippen LogP contribution in [-0.4, -0.2) is 22.3 Å². The summed E-state index contributed by atoms with van der Waals surface area (Å²) in [5, 5.41) is 7.06. The predicted molar refractivity (Wildman–Crippen MR) is 62.9 cm³/mol. The molecule has 0 bridgehead atoms. The zero-order chi connectivity index (χ0) is 12.3. The molecule has 0 spiro atoms. The fourth-order valence-electron chi connectivity index (χ4n) is 1.15. The standard InChI is InChI=1S/C10H7Cl2N3O2/c1-16-6-4-2-3-5-7(6)17-9-8(11)14-15-10(12)13-9/h2-5H,1H3. The van der Waals surface area contributed by atoms with E-state index in [2.05, 4.69) is 15.2 Å². The maximum absolute atomic E-state index is 5.78. The molecule has 0 aliphatic heterocycles. The zero-order valence-electron chi connectivity index (χ0n) is 8.72. The van der Waals surface area contributed by atoms with Gasteiger partial charge in [0.05, 0.1) is 7.11 Å². The molecule has 1 aromatic heterocycles. The highest BCUT2D eigenvalue weighted by molar-refractivity contribution is 6.31. The van der Waals surface area contributed by atoms with Gasteiger partial charge in [-0.1, -0.05) is 23.7 Å². The minimum Gasteiger partial charge on any atom is -0.493 e. The quantitative estimate of drug-likeness (QED) is 0.859. The van der Waals surface area contributed by atoms with Gasteiger partial charge in [0.1, 0.15) is 0 Å². The number of ether oxygens (including phenoxy) is 2. The van der Waals surface area contributed by atoms with Crippen molar-refractivity contribution in [3.63, 3.8) is 0 Å². The smallest absolute Gasteiger partial charge is 0.262 e. The number of halogens is 2. The van der Waals surface area contributed by atoms with E-state index in [1.54, 1.807) is 18.2 Å². The second-order valence-corrected chi connectivity index (χ2v) is 3.63. The number of hydrogen-bond acceptors (Lipinski definition) is 5. The lowest BCUT2D eigenvalue weighted by Gasteiger charge is -2.09. The maximum atomic E-state index is 5.78. The van der Waals surface area contributed by atoms with Crippen molar-refractivity contribution in [2.24, 2.45) is 0 Å². The highest BCUT2D eigenvalue weighted by Crippen LogP contribution is 2.32. The molecule has 5 nitrogen and oxygen atoms in total. The Labute approximate surface area is 107 Å². The summed E-state index contributed by atoms with van der Waals surface area (Å²) in [6, 6.07) is 7.07. The normalized spacial score (nSPS) is 10.1. The predicted octanol–water partition coefficient (Wildman–Crippen LogP) is 2.98. The van der Waals surface area contributed by atoms with Gasteiger partial charge in [-0.2, -0.15) is 4.98 Å². The third kappa shape index (κ3) is 2.75. The summed E-state index contributed by atoms with van der Waals surface area (Å²) in [5.74, 6) is 1.10. The van der Waals surface area contributed by atoms with Gasteiger partial charge in [0.2, 0.25) is 10.4 Å². The highest BCUT2D eigenvalue weighted by Gasteiger charge is 2.11. The van der Waals surface area contributed by atoms with Crippen LogP contribution in [0.25, 0.3) is 0 Å². The van der Waals surface area contributed by atoms with E-state index in [1.807, 2.05) is 6.07 Å². The summed E-state index contributed by atoms with van der Waals surface area (Å²) in [5.41, 5.74) is 0. The Morgan fingerprint density at radius 2 is 1.76 bits per heavy atom. The number of rotatable bonds is 3. The van der Waals surface area contributed by atoms with Crippen LogP contribution in [0.15, 0.2) is 24.3 Å². The molecule has 17 heavy (non-hydrogen) atoms. The first-order chi connectivity index (χ1) is 8.20. The van der Waals surface area contributed by atoms with E-state index in [4.69, 9.17) is 32.7 Å². The highest BCUT2D eigenvalue weighted by atomic mass is 35.5. The van der Waals surface area contributed by atoms with E-state index >= 15 is 0 Å². The molecule has 0 saturated carbocycles. The molecule has 0 unspecified atom stereocenters. The van der Waals surface area contributed by atoms with Gasteiger partial charge >= 0.3 is 0 Å². The van der Waals surface area contributed by atoms with Crippen LogP contribution in [0.5, 0.6) is 17.4 Å². The van der Waals surface area contributed by atoms with Gasteiger partial charge < -0.3 is 9.47 Å². The lowest BCUT2D eigenvalue weighted by atomic mass is 10.3. The van der Waals surface area contributed by atoms with Crippen LogP contribution in [0, 0.1) is 0 Å². The van der Waals surface area contributed by atoms with Crippen LogP contribution in [0.4, 0.5) is 0 Å². The fourth-order valence-corrected chi connectivity index (χ4v) is 1.39. The number of hydrogen-bond donors (Lipinski definition) is 0. The lowest BCUT2D eigenvalue weighted by Crippen LogP contribution is -1.96. The van der Waals surface area contributed by atoms with Crippen molar-refractivity contribution >= 4 is 23.2 Å². The van der Waals surface area contributed by atoms with Crippen LogP contribution in [-0.2, 0) is 0 Å². The third-order valence-electron chi connectivity index (χ3n) is 1.87. The second kappa shape index (κ2) is 5.16. The van der Waals surface area contributed by atoms with Crippen molar-refractivity contribution in [2.45, 2.75) is 0 Å². The molecular weight excluding hydrogens is 265 g/mol. The van der Waals surface area contributed by atoms with Gasteiger partial charge in [0, 0.05) is 0 Å². The van der Waals surface area contributed by atoms with Crippen molar-refractivity contribution in [1.29, 1.82) is 0 Å². The average Bonchev–Trinajstić information content (AvgIpc) is 2.34. The molecule has 0 aliphatic rings. The molecule has 7 heteroatoms. The summed E-state index contributed by atoms with van der Waals surface area (Å²) in [7, 11) is 1.54. The summed E-state index contributed by atoms with van der Waals surface area (Å²) in [6.45, 7) is 0. The first-order valence-electron chi connectivity index (χ1n) is 4.57. The summed E-state index contributed by atoms with van der Waals surface area (Å²) in [4.78, 5) is 3.83. The molecule has 1 heterocycles. The lowest BCUT2D eigenvalue weighted by molar-refractivity contribution is 0.373. The SMILES string of the molecule is COc1ccccc1Oc1nc(Cl)nnc1Cl. The Balaban J connectivity index is 2.34. The van der Waals surface area contributed by atoms with E-state index in [1.165, 1.54) is 7.11 Å². The average molecular weight is 272 g/mol. The number of benzene rings is 1. The topological polar surface area (TPSA) is 57.1 Å². The van der Waals surface area contributed by atoms with Crippen LogP contribution in [0.3, 0.4) is 0 Å². The molecule has 2 rings (SSSR count). The Kier molecular flexibility index (Phi) is 3.61. The van der Waals surface area contributed by atoms with Gasteiger partial charge in [-0.25, -0.2) is 0 Å². The van der Waals surface area contributed by atoms with Crippen LogP contribution >= 0.6 is 23.2 Å². The molecule has 88 valence electrons. The molecule has 2 aromatic rings. The minimum absolute atomic E-state index is 0.0281. The maximum Gasteiger partial charge on any atom is 0.262 e. The molecule has 0 N–H and O–H groups in total. The Morgan fingerprint density at radius 3 is 2.47 bits per heavy atom. The number of para-hydroxylation sites is 2. The monoisotopic (exact) mass is 271 g/mol. The van der Waals surface area contributed by atoms with Gasteiger partial charge in [0.15, 0.2) is 11.5 Å². The van der Waals surface area contributed by atoms with Gasteiger partial charge in [0.25, 0.3) is 5.88 Å². The summed E-state index contributed by atoms with van der Waals surface area (Å²) in [6.07, 6.45) is 0. The molecule has 0 saturated heterocycles. The fraction of sp³-hybridized carbons (Fsp3) is 0.100. The van der Waals surface area contributed by atoms with Crippen LogP contribution < -0.4 is 9.47 Å². The van der Waals surface area contributed by atoms with Gasteiger partial charge in [-0.15, -0.1) is 10.2 Å². The van der Waals surface area contributed by atoms with E-state index in [0.717, 1.165) is 0 Å². The van der Waals surface area contributed by atoms with Crippen molar-refractivity contribution < 1.29 is 9.47 Å². The number of aromatic nitrogens is 3. The Bertz CT molecular complexity index is 537. The zero-order valence-corrected chi connectivity index (χ0v) is 10.2. The first kappa shape index (κ1) is 11.9. The molecule has 0 atom stereocenters. The molecule has 0 fully saturated rings. The molecule has 0 amide bonds. The van der Waals surface area contributed by atoms with Crippen molar-refractivity contribution in [1.82, 2.24) is 15.2 Å². The van der Waals surface area contributed by atoms with Crippen molar-refractivity contribution in [3.05, 3.63) is 34.7 Å². The van der Waals surface area contributed by atoms with Crippen LogP contribution in [0.2, 0.25) is 10.4 Å². The molecule has 1 aromatic carbocycles. The molecule has 0 aliphatic carbocycles. The molecule has 0 radical (unpaired) electrons. The third-order valence-corrected chi connectivity index (χ3v) is 2.26. The number of methoxy groups -OCH3 is 1. The van der Waals surface area contributed by atoms with E-state index in [-0.39, 0.29) is 16.3 Å². The minimum atomic E-state index is -0.0423. The van der Waals surface area contributed by atoms with E-state index in [9.17, 15) is 0 Å². The first-order valence-corrected chi connectivity index (χ1v) is 5.33. The van der Waals surface area contributed by atoms with Crippen molar-refractivity contribution in [2.75, 3.05) is 7.11 Å². The summed E-state index contributed by atoms with van der Waals surface area (Å²) >= 11 is 11.4. The summed E-state index contributed by atoms with van der Waals surface area (Å²) < 4.78 is 10.6. The second-order valence-electron chi connectivity index (χ2n) is 2.93. The van der Waals surface area contributed by atoms with Crippen molar-refractivity contribution in [3.8, 4) is 17.4 Å². The van der Waals surface area contributed by atoms with Crippen LogP contribution in [0.1, 0.15) is 0 Å². The Hall–Kier alpha value is -1.59.